The maximum Gasteiger partial charge on any atom is 0.317 e. The number of aromatic nitrogens is 3. The van der Waals surface area contributed by atoms with E-state index in [1.54, 1.807) is 6.33 Å². The summed E-state index contributed by atoms with van der Waals surface area (Å²) in [6.45, 7) is 3.56. The van der Waals surface area contributed by atoms with Crippen LogP contribution in [0.5, 0.6) is 0 Å². The zero-order valence-corrected chi connectivity index (χ0v) is 14.9. The second-order valence-electron chi connectivity index (χ2n) is 6.20. The molecule has 2 heterocycles. The lowest BCUT2D eigenvalue weighted by molar-refractivity contribution is 0.203. The van der Waals surface area contributed by atoms with E-state index >= 15 is 0 Å². The van der Waals surface area contributed by atoms with Crippen LogP contribution < -0.4 is 5.32 Å². The van der Waals surface area contributed by atoms with Crippen LogP contribution in [0.4, 0.5) is 4.79 Å². The van der Waals surface area contributed by atoms with E-state index in [1.807, 2.05) is 41.3 Å². The molecular weight excluding hydrogens is 322 g/mol. The van der Waals surface area contributed by atoms with Crippen LogP contribution >= 0.6 is 11.8 Å². The topological polar surface area (TPSA) is 63.1 Å². The van der Waals surface area contributed by atoms with Crippen LogP contribution in [0.25, 0.3) is 0 Å². The van der Waals surface area contributed by atoms with Crippen molar-refractivity contribution in [1.82, 2.24) is 25.0 Å². The van der Waals surface area contributed by atoms with Crippen molar-refractivity contribution in [1.29, 1.82) is 0 Å². The van der Waals surface area contributed by atoms with E-state index in [2.05, 4.69) is 39.8 Å². The van der Waals surface area contributed by atoms with E-state index in [-0.39, 0.29) is 12.1 Å². The van der Waals surface area contributed by atoms with Gasteiger partial charge in [0.2, 0.25) is 0 Å². The Labute approximate surface area is 146 Å². The third kappa shape index (κ3) is 4.08. The summed E-state index contributed by atoms with van der Waals surface area (Å²) in [4.78, 5) is 15.6. The fourth-order valence-electron chi connectivity index (χ4n) is 2.91. The van der Waals surface area contributed by atoms with Gasteiger partial charge < -0.3 is 14.8 Å². The zero-order chi connectivity index (χ0) is 16.9. The molecule has 0 aliphatic carbocycles. The number of urea groups is 1. The third-order valence-corrected chi connectivity index (χ3v) is 5.52. The average molecular weight is 345 g/mol. The molecule has 2 aromatic rings. The van der Waals surface area contributed by atoms with Gasteiger partial charge in [-0.05, 0) is 31.4 Å². The van der Waals surface area contributed by atoms with Gasteiger partial charge in [-0.1, -0.05) is 18.2 Å². The Bertz CT molecular complexity index is 675. The Morgan fingerprint density at radius 3 is 2.92 bits per heavy atom. The molecule has 1 saturated heterocycles. The van der Waals surface area contributed by atoms with Crippen molar-refractivity contribution >= 4 is 17.8 Å². The lowest BCUT2D eigenvalue weighted by Gasteiger charge is -2.20. The smallest absolute Gasteiger partial charge is 0.317 e. The first-order chi connectivity index (χ1) is 11.6. The molecular formula is C17H23N5OS. The minimum atomic E-state index is -0.150. The zero-order valence-electron chi connectivity index (χ0n) is 14.1. The van der Waals surface area contributed by atoms with E-state index in [0.717, 1.165) is 31.1 Å². The van der Waals surface area contributed by atoms with E-state index in [1.165, 1.54) is 4.90 Å². The maximum absolute atomic E-state index is 12.4. The summed E-state index contributed by atoms with van der Waals surface area (Å²) in [6.07, 6.45) is 2.70. The first-order valence-electron chi connectivity index (χ1n) is 8.20. The van der Waals surface area contributed by atoms with Crippen molar-refractivity contribution < 1.29 is 4.79 Å². The number of hydrogen-bond acceptors (Lipinski definition) is 4. The highest BCUT2D eigenvalue weighted by atomic mass is 32.2. The van der Waals surface area contributed by atoms with Crippen LogP contribution in [0.2, 0.25) is 0 Å². The number of nitrogens with zero attached hydrogens (tertiary/aromatic N) is 4. The second-order valence-corrected chi connectivity index (χ2v) is 7.29. The van der Waals surface area contributed by atoms with Crippen molar-refractivity contribution in [3.05, 3.63) is 42.5 Å². The molecule has 2 amide bonds. The summed E-state index contributed by atoms with van der Waals surface area (Å²) in [5, 5.41) is 10.9. The van der Waals surface area contributed by atoms with Gasteiger partial charge in [0, 0.05) is 30.8 Å². The quantitative estimate of drug-likeness (QED) is 0.847. The van der Waals surface area contributed by atoms with Gasteiger partial charge >= 0.3 is 6.03 Å². The fourth-order valence-corrected chi connectivity index (χ4v) is 3.96. The molecule has 1 aromatic heterocycles. The predicted octanol–water partition coefficient (Wildman–Crippen LogP) is 2.70. The molecule has 24 heavy (non-hydrogen) atoms. The maximum atomic E-state index is 12.4. The number of likely N-dealkylation sites (tertiary alicyclic amines) is 1. The Hall–Kier alpha value is -2.02. The first-order valence-corrected chi connectivity index (χ1v) is 9.19. The van der Waals surface area contributed by atoms with Gasteiger partial charge in [-0.15, -0.1) is 22.0 Å². The van der Waals surface area contributed by atoms with Crippen molar-refractivity contribution in [3.63, 3.8) is 0 Å². The Morgan fingerprint density at radius 2 is 2.21 bits per heavy atom. The number of carbonyl (C=O) groups is 1. The standard InChI is InChI=1S/C17H23N5OS/c1-13(16-20-18-12-21(16)2)19-17(23)22-9-8-14(10-22)11-24-15-6-4-3-5-7-15/h3-7,12-14H,8-11H2,1-2H3,(H,19,23)/t13-,14-/m1/s1. The van der Waals surface area contributed by atoms with E-state index < -0.39 is 0 Å². The van der Waals surface area contributed by atoms with Gasteiger partial charge in [-0.2, -0.15) is 0 Å². The molecule has 1 fully saturated rings. The van der Waals surface area contributed by atoms with Gasteiger partial charge in [0.15, 0.2) is 5.82 Å². The Kier molecular flexibility index (Phi) is 5.40. The fraction of sp³-hybridized carbons (Fsp3) is 0.471. The molecule has 1 N–H and O–H groups in total. The summed E-state index contributed by atoms with van der Waals surface area (Å²) >= 11 is 1.87. The number of aryl methyl sites for hydroxylation is 1. The van der Waals surface area contributed by atoms with Crippen LogP contribution in [-0.2, 0) is 7.05 Å². The molecule has 128 valence electrons. The van der Waals surface area contributed by atoms with Crippen molar-refractivity contribution in [2.24, 2.45) is 13.0 Å². The Balaban J connectivity index is 1.46. The van der Waals surface area contributed by atoms with Crippen molar-refractivity contribution in [2.45, 2.75) is 24.3 Å². The number of amides is 2. The third-order valence-electron chi connectivity index (χ3n) is 4.28. The minimum absolute atomic E-state index is 0.0160. The summed E-state index contributed by atoms with van der Waals surface area (Å²) in [7, 11) is 1.88. The number of hydrogen-bond donors (Lipinski definition) is 1. The largest absolute Gasteiger partial charge is 0.328 e. The van der Waals surface area contributed by atoms with E-state index in [4.69, 9.17) is 0 Å². The molecule has 1 aromatic carbocycles. The number of thioether (sulfide) groups is 1. The molecule has 1 aliphatic rings. The van der Waals surface area contributed by atoms with Crippen LogP contribution in [0.1, 0.15) is 25.2 Å². The molecule has 0 spiro atoms. The highest BCUT2D eigenvalue weighted by molar-refractivity contribution is 7.99. The first kappa shape index (κ1) is 16.8. The van der Waals surface area contributed by atoms with Gasteiger partial charge in [0.05, 0.1) is 6.04 Å². The molecule has 7 heteroatoms. The summed E-state index contributed by atoms with van der Waals surface area (Å²) in [5.74, 6) is 2.36. The van der Waals surface area contributed by atoms with Gasteiger partial charge in [-0.25, -0.2) is 4.79 Å². The van der Waals surface area contributed by atoms with Crippen molar-refractivity contribution in [2.75, 3.05) is 18.8 Å². The monoisotopic (exact) mass is 345 g/mol. The minimum Gasteiger partial charge on any atom is -0.328 e. The molecule has 0 saturated carbocycles. The van der Waals surface area contributed by atoms with E-state index in [0.29, 0.717) is 5.92 Å². The molecule has 1 aliphatic heterocycles. The summed E-state index contributed by atoms with van der Waals surface area (Å²) in [5.41, 5.74) is 0. The number of benzene rings is 1. The average Bonchev–Trinajstić information content (AvgIpc) is 3.23. The normalized spacial score (nSPS) is 18.6. The lowest BCUT2D eigenvalue weighted by atomic mass is 10.2. The van der Waals surface area contributed by atoms with Crippen LogP contribution in [0, 0.1) is 5.92 Å². The molecule has 0 bridgehead atoms. The molecule has 0 unspecified atom stereocenters. The second kappa shape index (κ2) is 7.70. The highest BCUT2D eigenvalue weighted by Gasteiger charge is 2.27. The summed E-state index contributed by atoms with van der Waals surface area (Å²) < 4.78 is 1.83. The lowest BCUT2D eigenvalue weighted by Crippen LogP contribution is -2.40. The highest BCUT2D eigenvalue weighted by Crippen LogP contribution is 2.26. The SMILES string of the molecule is C[C@@H](NC(=O)N1CC[C@@H](CSc2ccccc2)C1)c1nncn1C. The van der Waals surface area contributed by atoms with Gasteiger partial charge in [0.25, 0.3) is 0 Å². The Morgan fingerprint density at radius 1 is 1.42 bits per heavy atom. The van der Waals surface area contributed by atoms with Crippen LogP contribution in [0.3, 0.4) is 0 Å². The predicted molar refractivity (Wildman–Crippen MR) is 94.8 cm³/mol. The van der Waals surface area contributed by atoms with Crippen molar-refractivity contribution in [3.8, 4) is 0 Å². The molecule has 6 nitrogen and oxygen atoms in total. The molecule has 2 atom stereocenters. The number of rotatable bonds is 5. The van der Waals surface area contributed by atoms with E-state index in [9.17, 15) is 4.79 Å². The van der Waals surface area contributed by atoms with Gasteiger partial charge in [0.1, 0.15) is 6.33 Å². The van der Waals surface area contributed by atoms with Crippen LogP contribution in [0.15, 0.2) is 41.6 Å². The number of carbonyl (C=O) groups excluding carboxylic acids is 1. The number of nitrogens with one attached hydrogen (secondary N) is 1. The van der Waals surface area contributed by atoms with Gasteiger partial charge in [-0.3, -0.25) is 0 Å². The van der Waals surface area contributed by atoms with Crippen LogP contribution in [-0.4, -0.2) is 44.5 Å². The summed E-state index contributed by atoms with van der Waals surface area (Å²) in [6, 6.07) is 10.2. The molecule has 3 rings (SSSR count). The molecule has 0 radical (unpaired) electrons.